The lowest BCUT2D eigenvalue weighted by Gasteiger charge is -2.58. The van der Waals surface area contributed by atoms with Crippen LogP contribution < -0.4 is 22.2 Å². The number of unbranched alkanes of at least 4 members (excludes halogenated alkanes) is 6. The molecule has 0 aromatic heterocycles. The highest BCUT2D eigenvalue weighted by Crippen LogP contribution is 2.67. The molecule has 0 heterocycles. The third kappa shape index (κ3) is 26.0. The molecule has 2 amide bonds. The molecule has 0 aromatic carbocycles. The fraction of sp³-hybridized carbons (Fsp3) is 0.922. The molecule has 548 valence electrons. The van der Waals surface area contributed by atoms with Crippen molar-refractivity contribution < 1.29 is 47.0 Å². The second kappa shape index (κ2) is 42.2. The SMILES string of the molecule is CC(C)CCC[C@H](C)[C@H]1CCC2C3CC=C4C[C@@H](OC(=O)NCCCOCCOCCOCCOP(=O)(O)OCCCCCCSSCCCCCCC5CCC(CCCNC(=O)CC6C7CC/C(N)=C(/N(N)C8CCCCCCC8)CCC76)CC5)CC[C@]4(C)C3CC[C@@]21C. The number of nitrogens with one attached hydrogen (secondary N) is 2. The fourth-order valence-electron chi connectivity index (χ4n) is 19.5. The van der Waals surface area contributed by atoms with Crippen molar-refractivity contribution in [2.75, 3.05) is 77.5 Å². The quantitative estimate of drug-likeness (QED) is 0.00961. The van der Waals surface area contributed by atoms with Crippen LogP contribution in [0.2, 0.25) is 0 Å². The van der Waals surface area contributed by atoms with E-state index in [2.05, 4.69) is 56.3 Å². The smallest absolute Gasteiger partial charge is 0.446 e. The molecule has 8 aliphatic rings. The Morgan fingerprint density at radius 2 is 1.26 bits per heavy atom. The van der Waals surface area contributed by atoms with Gasteiger partial charge in [-0.1, -0.05) is 183 Å². The normalized spacial score (nSPS) is 31.3. The van der Waals surface area contributed by atoms with Crippen LogP contribution in [-0.2, 0) is 37.4 Å². The lowest BCUT2D eigenvalue weighted by atomic mass is 9.47. The van der Waals surface area contributed by atoms with Crippen molar-refractivity contribution in [1.29, 1.82) is 0 Å². The number of ether oxygens (including phenoxy) is 4. The molecule has 8 rings (SSSR count). The van der Waals surface area contributed by atoms with E-state index in [9.17, 15) is 19.0 Å². The van der Waals surface area contributed by atoms with Crippen LogP contribution in [0.1, 0.15) is 285 Å². The second-order valence-corrected chi connectivity index (χ2v) is 36.3. The third-order valence-electron chi connectivity index (χ3n) is 25.2. The monoisotopic (exact) mass is 1390 g/mol. The van der Waals surface area contributed by atoms with Crippen molar-refractivity contribution in [3.8, 4) is 0 Å². The number of carbonyl (C=O) groups is 2. The molecule has 0 aliphatic heterocycles. The summed E-state index contributed by atoms with van der Waals surface area (Å²) in [6.07, 6.45) is 48.9. The van der Waals surface area contributed by atoms with E-state index >= 15 is 0 Å². The summed E-state index contributed by atoms with van der Waals surface area (Å²) in [5, 5.41) is 8.31. The van der Waals surface area contributed by atoms with E-state index in [1.54, 1.807) is 5.57 Å². The number of amides is 2. The maximum absolute atomic E-state index is 13.0. The zero-order valence-electron chi connectivity index (χ0n) is 60.6. The fourth-order valence-corrected chi connectivity index (χ4v) is 22.6. The summed E-state index contributed by atoms with van der Waals surface area (Å²) in [5.74, 6) is 17.9. The summed E-state index contributed by atoms with van der Waals surface area (Å²) in [6.45, 7) is 16.3. The Balaban J connectivity index is 0.514. The molecule has 0 radical (unpaired) electrons. The third-order valence-corrected chi connectivity index (χ3v) is 28.8. The van der Waals surface area contributed by atoms with E-state index in [1.165, 1.54) is 172 Å². The molecule has 6 saturated carbocycles. The molecule has 0 saturated heterocycles. The Kier molecular flexibility index (Phi) is 35.1. The van der Waals surface area contributed by atoms with Crippen molar-refractivity contribution in [3.05, 3.63) is 23.0 Å². The number of hydrazine groups is 1. The molecule has 15 nitrogen and oxygen atoms in total. The molecule has 12 atom stereocenters. The molecule has 6 fully saturated rings. The van der Waals surface area contributed by atoms with Crippen molar-refractivity contribution in [3.63, 3.8) is 0 Å². The number of rotatable bonds is 44. The van der Waals surface area contributed by atoms with Crippen LogP contribution in [0, 0.1) is 75.9 Å². The zero-order chi connectivity index (χ0) is 67.3. The van der Waals surface area contributed by atoms with Gasteiger partial charge in [-0.25, -0.2) is 15.2 Å². The molecule has 8 aliphatic carbocycles. The van der Waals surface area contributed by atoms with Crippen molar-refractivity contribution in [2.45, 2.75) is 297 Å². The lowest BCUT2D eigenvalue weighted by molar-refractivity contribution is -0.121. The maximum atomic E-state index is 13.0. The maximum Gasteiger partial charge on any atom is 0.472 e. The van der Waals surface area contributed by atoms with Gasteiger partial charge in [-0.15, -0.1) is 0 Å². The summed E-state index contributed by atoms with van der Waals surface area (Å²) in [5.41, 5.74) is 11.2. The van der Waals surface area contributed by atoms with Crippen molar-refractivity contribution in [1.82, 2.24) is 15.6 Å². The summed E-state index contributed by atoms with van der Waals surface area (Å²) in [7, 11) is -0.132. The number of carbonyl (C=O) groups excluding carboxylic acids is 2. The first-order valence-corrected chi connectivity index (χ1v) is 43.5. The minimum absolute atomic E-state index is 0.0348. The molecular formula is C77H138N5O10PS2. The average Bonchev–Trinajstić information content (AvgIpc) is 1.70. The lowest BCUT2D eigenvalue weighted by Crippen LogP contribution is -2.51. The van der Waals surface area contributed by atoms with Gasteiger partial charge in [-0.2, -0.15) is 0 Å². The highest BCUT2D eigenvalue weighted by Gasteiger charge is 2.59. The first kappa shape index (κ1) is 79.2. The number of phosphoric ester groups is 1. The molecule has 0 bridgehead atoms. The Morgan fingerprint density at radius 3 is 1.97 bits per heavy atom. The number of fused-ring (bicyclic) bond motifs is 6. The topological polar surface area (TPSA) is 206 Å². The van der Waals surface area contributed by atoms with Gasteiger partial charge in [-0.05, 0) is 198 Å². The van der Waals surface area contributed by atoms with Gasteiger partial charge in [0.2, 0.25) is 5.91 Å². The number of hydrogen-bond donors (Lipinski definition) is 5. The predicted molar refractivity (Wildman–Crippen MR) is 391 cm³/mol. The Morgan fingerprint density at radius 1 is 0.642 bits per heavy atom. The minimum Gasteiger partial charge on any atom is -0.446 e. The van der Waals surface area contributed by atoms with Gasteiger partial charge in [0.1, 0.15) is 6.10 Å². The van der Waals surface area contributed by atoms with Gasteiger partial charge in [0.05, 0.1) is 46.2 Å². The van der Waals surface area contributed by atoms with Crippen LogP contribution in [-0.4, -0.2) is 111 Å². The highest BCUT2D eigenvalue weighted by molar-refractivity contribution is 8.76. The molecule has 7 unspecified atom stereocenters. The van der Waals surface area contributed by atoms with Crippen molar-refractivity contribution >= 4 is 41.4 Å². The van der Waals surface area contributed by atoms with Crippen LogP contribution in [0.25, 0.3) is 0 Å². The molecule has 18 heteroatoms. The minimum atomic E-state index is -4.11. The van der Waals surface area contributed by atoms with Gasteiger partial charge in [0.25, 0.3) is 0 Å². The molecule has 0 spiro atoms. The molecule has 95 heavy (non-hydrogen) atoms. The Hall–Kier alpha value is -1.53. The van der Waals surface area contributed by atoms with Gasteiger partial charge >= 0.3 is 13.9 Å². The number of nitrogens with two attached hydrogens (primary N) is 2. The first-order chi connectivity index (χ1) is 46.0. The summed E-state index contributed by atoms with van der Waals surface area (Å²) in [4.78, 5) is 35.9. The standard InChI is InChI=1S/C77H138N5O10PS2/c1-58(2)22-19-23-59(3)69-36-37-70-67-33-32-62-56-64(40-42-76(62,4)71(67)41-43-77(69,70)5)92-75(84)81-45-21-46-87-48-49-88-50-51-89-52-53-91-93(85,86)90-47-16-10-12-18-55-95-94-54-17-11-9-13-24-60-28-30-61(31-29-60)25-20-44-80-74(83)57-68-65-34-38-72(78)73(39-35-66(65)68)82(79)63-26-14-7-6-8-15-27-63/h32,58-61,63-71H,6-31,33-57,78-79H2,1-5H3,(H,80,83)(H,81,84)(H,85,86)/b73-72-/t59-,60?,61?,64-,65?,66?,67?,68?,69+,70?,71?,76-,77+/m0/s1. The van der Waals surface area contributed by atoms with Crippen LogP contribution in [0.3, 0.4) is 0 Å². The van der Waals surface area contributed by atoms with E-state index in [0.29, 0.717) is 81.6 Å². The average molecular weight is 1390 g/mol. The van der Waals surface area contributed by atoms with E-state index < -0.39 is 7.82 Å². The van der Waals surface area contributed by atoms with E-state index in [4.69, 9.17) is 39.6 Å². The number of allylic oxidation sites excluding steroid dienone is 3. The summed E-state index contributed by atoms with van der Waals surface area (Å²) >= 11 is 0. The van der Waals surface area contributed by atoms with E-state index in [-0.39, 0.29) is 43.3 Å². The van der Waals surface area contributed by atoms with Gasteiger partial charge in [0.15, 0.2) is 0 Å². The second-order valence-electron chi connectivity index (χ2n) is 32.1. The molecule has 7 N–H and O–H groups in total. The van der Waals surface area contributed by atoms with Crippen LogP contribution >= 0.6 is 29.4 Å². The van der Waals surface area contributed by atoms with Gasteiger partial charge < -0.3 is 45.2 Å². The number of alkyl carbamates (subject to hydrolysis) is 1. The number of phosphoric acid groups is 1. The van der Waals surface area contributed by atoms with Crippen molar-refractivity contribution in [2.24, 2.45) is 87.5 Å². The van der Waals surface area contributed by atoms with Gasteiger partial charge in [-0.3, -0.25) is 13.8 Å². The summed E-state index contributed by atoms with van der Waals surface area (Å²) < 4.78 is 45.4. The van der Waals surface area contributed by atoms with E-state index in [0.717, 1.165) is 142 Å². The van der Waals surface area contributed by atoms with Crippen LogP contribution in [0.5, 0.6) is 0 Å². The van der Waals surface area contributed by atoms with Crippen LogP contribution in [0.4, 0.5) is 4.79 Å². The summed E-state index contributed by atoms with van der Waals surface area (Å²) in [6, 6.07) is 0.420. The largest absolute Gasteiger partial charge is 0.472 e. The molecule has 0 aromatic rings. The van der Waals surface area contributed by atoms with E-state index in [1.807, 2.05) is 21.6 Å². The number of nitrogens with zero attached hydrogens (tertiary/aromatic N) is 1. The first-order valence-electron chi connectivity index (χ1n) is 39.6. The number of hydrogen-bond acceptors (Lipinski definition) is 14. The van der Waals surface area contributed by atoms with Gasteiger partial charge in [0, 0.05) is 61.5 Å². The Labute approximate surface area is 586 Å². The Bertz CT molecular complexity index is 2320. The molecular weight excluding hydrogens is 1250 g/mol. The van der Waals surface area contributed by atoms with Crippen LogP contribution in [0.15, 0.2) is 23.0 Å². The zero-order valence-corrected chi connectivity index (χ0v) is 63.2. The predicted octanol–water partition coefficient (Wildman–Crippen LogP) is 18.6. The highest BCUT2D eigenvalue weighted by atomic mass is 33.1.